The van der Waals surface area contributed by atoms with Crippen molar-refractivity contribution in [2.75, 3.05) is 0 Å². The van der Waals surface area contributed by atoms with Crippen molar-refractivity contribution in [1.82, 2.24) is 0 Å². The van der Waals surface area contributed by atoms with Crippen LogP contribution in [-0.4, -0.2) is 0 Å². The standard InChI is InChI=1S/C13H16ClN/c1-4-11(15)8-13(14)12-7-5-6-9(2)10(12)3/h4-8H,15H2,1-3H3/b11-4+,13-8+. The van der Waals surface area contributed by atoms with Crippen LogP contribution in [0.2, 0.25) is 0 Å². The summed E-state index contributed by atoms with van der Waals surface area (Å²) < 4.78 is 0. The van der Waals surface area contributed by atoms with E-state index in [4.69, 9.17) is 17.3 Å². The lowest BCUT2D eigenvalue weighted by Crippen LogP contribution is -1.94. The van der Waals surface area contributed by atoms with Gasteiger partial charge in [0, 0.05) is 5.70 Å². The molecule has 0 amide bonds. The highest BCUT2D eigenvalue weighted by atomic mass is 35.5. The minimum atomic E-state index is 0.681. The first-order valence-corrected chi connectivity index (χ1v) is 5.29. The number of nitrogens with two attached hydrogens (primary N) is 1. The lowest BCUT2D eigenvalue weighted by molar-refractivity contribution is 1.32. The van der Waals surface area contributed by atoms with Crippen molar-refractivity contribution in [3.63, 3.8) is 0 Å². The van der Waals surface area contributed by atoms with Gasteiger partial charge in [0.1, 0.15) is 0 Å². The van der Waals surface area contributed by atoms with Gasteiger partial charge in [0.25, 0.3) is 0 Å². The first-order valence-electron chi connectivity index (χ1n) is 4.92. The highest BCUT2D eigenvalue weighted by Gasteiger charge is 2.03. The molecule has 2 N–H and O–H groups in total. The Hall–Kier alpha value is -1.21. The fraction of sp³-hybridized carbons (Fsp3) is 0.231. The maximum atomic E-state index is 6.20. The van der Waals surface area contributed by atoms with E-state index >= 15 is 0 Å². The second-order valence-electron chi connectivity index (χ2n) is 3.53. The van der Waals surface area contributed by atoms with E-state index < -0.39 is 0 Å². The smallest absolute Gasteiger partial charge is 0.0501 e. The molecular weight excluding hydrogens is 206 g/mol. The van der Waals surface area contributed by atoms with Crippen LogP contribution in [0.5, 0.6) is 0 Å². The Morgan fingerprint density at radius 1 is 1.33 bits per heavy atom. The summed E-state index contributed by atoms with van der Waals surface area (Å²) in [7, 11) is 0. The average Bonchev–Trinajstić information content (AvgIpc) is 2.21. The molecule has 0 heterocycles. The highest BCUT2D eigenvalue weighted by Crippen LogP contribution is 2.25. The predicted octanol–water partition coefficient (Wildman–Crippen LogP) is 3.75. The van der Waals surface area contributed by atoms with Gasteiger partial charge in [0.15, 0.2) is 0 Å². The fourth-order valence-electron chi connectivity index (χ4n) is 1.32. The maximum Gasteiger partial charge on any atom is 0.0501 e. The zero-order valence-corrected chi connectivity index (χ0v) is 10.1. The third-order valence-corrected chi connectivity index (χ3v) is 2.80. The van der Waals surface area contributed by atoms with Crippen LogP contribution in [-0.2, 0) is 0 Å². The molecule has 0 aliphatic rings. The van der Waals surface area contributed by atoms with Crippen molar-refractivity contribution in [1.29, 1.82) is 0 Å². The molecule has 0 saturated carbocycles. The summed E-state index contributed by atoms with van der Waals surface area (Å²) in [4.78, 5) is 0. The van der Waals surface area contributed by atoms with Gasteiger partial charge in [-0.25, -0.2) is 0 Å². The number of hydrogen-bond donors (Lipinski definition) is 1. The molecule has 1 rings (SSSR count). The van der Waals surface area contributed by atoms with E-state index in [2.05, 4.69) is 19.9 Å². The number of aryl methyl sites for hydroxylation is 1. The predicted molar refractivity (Wildman–Crippen MR) is 67.7 cm³/mol. The van der Waals surface area contributed by atoms with E-state index in [-0.39, 0.29) is 0 Å². The SMILES string of the molecule is C/C=C(N)\C=C(\Cl)c1cccc(C)c1C. The zero-order valence-electron chi connectivity index (χ0n) is 9.34. The Kier molecular flexibility index (Phi) is 3.98. The van der Waals surface area contributed by atoms with Crippen molar-refractivity contribution in [2.24, 2.45) is 5.73 Å². The van der Waals surface area contributed by atoms with Gasteiger partial charge in [-0.3, -0.25) is 0 Å². The zero-order chi connectivity index (χ0) is 11.4. The molecule has 1 nitrogen and oxygen atoms in total. The minimum absolute atomic E-state index is 0.681. The van der Waals surface area contributed by atoms with Crippen molar-refractivity contribution in [3.05, 3.63) is 52.7 Å². The molecule has 0 saturated heterocycles. The average molecular weight is 222 g/mol. The van der Waals surface area contributed by atoms with Crippen LogP contribution in [0.15, 0.2) is 36.0 Å². The van der Waals surface area contributed by atoms with Crippen LogP contribution in [0.3, 0.4) is 0 Å². The Morgan fingerprint density at radius 2 is 2.00 bits per heavy atom. The fourth-order valence-corrected chi connectivity index (χ4v) is 1.65. The molecule has 80 valence electrons. The summed E-state index contributed by atoms with van der Waals surface area (Å²) in [5.74, 6) is 0. The monoisotopic (exact) mass is 221 g/mol. The minimum Gasteiger partial charge on any atom is -0.399 e. The molecule has 2 heteroatoms. The quantitative estimate of drug-likeness (QED) is 0.757. The van der Waals surface area contributed by atoms with Gasteiger partial charge in [-0.1, -0.05) is 35.9 Å². The van der Waals surface area contributed by atoms with Crippen LogP contribution in [0, 0.1) is 13.8 Å². The molecule has 0 bridgehead atoms. The van der Waals surface area contributed by atoms with Crippen LogP contribution < -0.4 is 5.73 Å². The maximum absolute atomic E-state index is 6.20. The van der Waals surface area contributed by atoms with E-state index in [1.165, 1.54) is 11.1 Å². The summed E-state index contributed by atoms with van der Waals surface area (Å²) in [6.07, 6.45) is 3.61. The third-order valence-electron chi connectivity index (χ3n) is 2.49. The molecular formula is C13H16ClN. The summed E-state index contributed by atoms with van der Waals surface area (Å²) in [6.45, 7) is 6.02. The van der Waals surface area contributed by atoms with Crippen LogP contribution in [0.25, 0.3) is 5.03 Å². The normalized spacial score (nSPS) is 13.1. The molecule has 0 aromatic heterocycles. The molecule has 0 aliphatic carbocycles. The van der Waals surface area contributed by atoms with E-state index in [1.807, 2.05) is 25.1 Å². The van der Waals surface area contributed by atoms with Crippen molar-refractivity contribution in [2.45, 2.75) is 20.8 Å². The summed E-state index contributed by atoms with van der Waals surface area (Å²) in [6, 6.07) is 6.08. The van der Waals surface area contributed by atoms with Crippen LogP contribution >= 0.6 is 11.6 Å². The lowest BCUT2D eigenvalue weighted by atomic mass is 10.0. The molecule has 1 aromatic rings. The first-order chi connectivity index (χ1) is 7.06. The number of hydrogen-bond acceptors (Lipinski definition) is 1. The van der Waals surface area contributed by atoms with Gasteiger partial charge in [-0.15, -0.1) is 0 Å². The molecule has 0 fully saturated rings. The molecule has 0 spiro atoms. The number of halogens is 1. The number of benzene rings is 1. The Balaban J connectivity index is 3.17. The van der Waals surface area contributed by atoms with E-state index in [0.717, 1.165) is 5.56 Å². The molecule has 0 unspecified atom stereocenters. The summed E-state index contributed by atoms with van der Waals surface area (Å²) in [5, 5.41) is 0.687. The Bertz CT molecular complexity index is 417. The largest absolute Gasteiger partial charge is 0.399 e. The van der Waals surface area contributed by atoms with E-state index in [9.17, 15) is 0 Å². The Morgan fingerprint density at radius 3 is 2.60 bits per heavy atom. The molecule has 0 atom stereocenters. The number of allylic oxidation sites excluding steroid dienone is 2. The van der Waals surface area contributed by atoms with Crippen LogP contribution in [0.1, 0.15) is 23.6 Å². The molecule has 0 radical (unpaired) electrons. The van der Waals surface area contributed by atoms with Crippen molar-refractivity contribution < 1.29 is 0 Å². The Labute approximate surface area is 96.2 Å². The van der Waals surface area contributed by atoms with Gasteiger partial charge < -0.3 is 5.73 Å². The summed E-state index contributed by atoms with van der Waals surface area (Å²) >= 11 is 6.20. The lowest BCUT2D eigenvalue weighted by Gasteiger charge is -2.07. The highest BCUT2D eigenvalue weighted by molar-refractivity contribution is 6.49. The van der Waals surface area contributed by atoms with Gasteiger partial charge >= 0.3 is 0 Å². The van der Waals surface area contributed by atoms with E-state index in [0.29, 0.717) is 10.7 Å². The van der Waals surface area contributed by atoms with Crippen molar-refractivity contribution in [3.8, 4) is 0 Å². The van der Waals surface area contributed by atoms with Gasteiger partial charge in [0.2, 0.25) is 0 Å². The topological polar surface area (TPSA) is 26.0 Å². The second-order valence-corrected chi connectivity index (χ2v) is 3.94. The van der Waals surface area contributed by atoms with Crippen LogP contribution in [0.4, 0.5) is 0 Å². The molecule has 15 heavy (non-hydrogen) atoms. The van der Waals surface area contributed by atoms with Crippen molar-refractivity contribution >= 4 is 16.6 Å². The second kappa shape index (κ2) is 5.04. The molecule has 0 aliphatic heterocycles. The summed E-state index contributed by atoms with van der Waals surface area (Å²) in [5.41, 5.74) is 9.86. The van der Waals surface area contributed by atoms with Gasteiger partial charge in [-0.05, 0) is 43.5 Å². The third kappa shape index (κ3) is 2.87. The molecule has 1 aromatic carbocycles. The number of rotatable bonds is 2. The van der Waals surface area contributed by atoms with E-state index in [1.54, 1.807) is 6.08 Å². The van der Waals surface area contributed by atoms with Gasteiger partial charge in [-0.2, -0.15) is 0 Å². The first kappa shape index (κ1) is 11.9. The van der Waals surface area contributed by atoms with Gasteiger partial charge in [0.05, 0.1) is 5.03 Å².